The van der Waals surface area contributed by atoms with Crippen LogP contribution in [0.15, 0.2) is 6.07 Å². The number of hydrogen-bond acceptors (Lipinski definition) is 2. The lowest BCUT2D eigenvalue weighted by atomic mass is 10.1. The Balaban J connectivity index is 2.58. The summed E-state index contributed by atoms with van der Waals surface area (Å²) in [7, 11) is 0. The number of aryl methyl sites for hydroxylation is 2. The largest absolute Gasteiger partial charge is 0.388 e. The van der Waals surface area contributed by atoms with Gasteiger partial charge in [-0.2, -0.15) is 0 Å². The summed E-state index contributed by atoms with van der Waals surface area (Å²) in [6.07, 6.45) is 1.17. The second-order valence-corrected chi connectivity index (χ2v) is 4.66. The number of aliphatic hydroxyl groups is 1. The van der Waals surface area contributed by atoms with Crippen LogP contribution in [0.3, 0.4) is 0 Å². The first-order valence-corrected chi connectivity index (χ1v) is 5.61. The summed E-state index contributed by atoms with van der Waals surface area (Å²) in [5, 5.41) is 9.83. The SMILES string of the molecule is CC#CCCC(O)c1cc(C)c(C)s1. The van der Waals surface area contributed by atoms with Crippen LogP contribution in [0.4, 0.5) is 0 Å². The van der Waals surface area contributed by atoms with Crippen molar-refractivity contribution in [1.82, 2.24) is 0 Å². The minimum absolute atomic E-state index is 0.340. The molecule has 2 heteroatoms. The molecule has 0 aromatic carbocycles. The third-order valence-corrected chi connectivity index (χ3v) is 3.49. The zero-order chi connectivity index (χ0) is 10.6. The van der Waals surface area contributed by atoms with Crippen molar-refractivity contribution in [3.05, 3.63) is 21.4 Å². The van der Waals surface area contributed by atoms with Crippen molar-refractivity contribution in [3.8, 4) is 11.8 Å². The van der Waals surface area contributed by atoms with E-state index in [1.54, 1.807) is 11.3 Å². The number of rotatable bonds is 3. The van der Waals surface area contributed by atoms with Gasteiger partial charge < -0.3 is 5.11 Å². The summed E-state index contributed by atoms with van der Waals surface area (Å²) >= 11 is 1.68. The second-order valence-electron chi connectivity index (χ2n) is 3.37. The van der Waals surface area contributed by atoms with Crippen LogP contribution in [-0.4, -0.2) is 5.11 Å². The highest BCUT2D eigenvalue weighted by atomic mass is 32.1. The molecule has 1 heterocycles. The minimum Gasteiger partial charge on any atom is -0.388 e. The molecule has 0 fully saturated rings. The monoisotopic (exact) mass is 208 g/mol. The fraction of sp³-hybridized carbons (Fsp3) is 0.500. The van der Waals surface area contributed by atoms with Crippen molar-refractivity contribution in [2.45, 2.75) is 39.7 Å². The Morgan fingerprint density at radius 2 is 2.21 bits per heavy atom. The van der Waals surface area contributed by atoms with Gasteiger partial charge in [0.25, 0.3) is 0 Å². The normalized spacial score (nSPS) is 12.0. The molecule has 0 aliphatic rings. The van der Waals surface area contributed by atoms with E-state index in [1.165, 1.54) is 10.4 Å². The molecular formula is C12H16OS. The van der Waals surface area contributed by atoms with Gasteiger partial charge in [0.15, 0.2) is 0 Å². The Bertz CT molecular complexity index is 335. The van der Waals surface area contributed by atoms with Gasteiger partial charge in [0.1, 0.15) is 0 Å². The van der Waals surface area contributed by atoms with Crippen LogP contribution in [0.5, 0.6) is 0 Å². The molecule has 0 aliphatic heterocycles. The molecule has 1 nitrogen and oxygen atoms in total. The lowest BCUT2D eigenvalue weighted by molar-refractivity contribution is 0.173. The first-order chi connectivity index (χ1) is 6.65. The molecule has 0 amide bonds. The van der Waals surface area contributed by atoms with E-state index in [1.807, 2.05) is 6.92 Å². The van der Waals surface area contributed by atoms with Gasteiger partial charge in [0, 0.05) is 16.2 Å². The van der Waals surface area contributed by atoms with Crippen LogP contribution in [0.2, 0.25) is 0 Å². The van der Waals surface area contributed by atoms with Gasteiger partial charge in [-0.1, -0.05) is 0 Å². The standard InChI is InChI=1S/C12H16OS/c1-4-5-6-7-11(13)12-8-9(2)10(3)14-12/h8,11,13H,6-7H2,1-3H3. The number of aliphatic hydroxyl groups excluding tert-OH is 1. The van der Waals surface area contributed by atoms with Gasteiger partial charge in [-0.05, 0) is 38.8 Å². The van der Waals surface area contributed by atoms with Crippen LogP contribution in [0.1, 0.15) is 41.2 Å². The van der Waals surface area contributed by atoms with Crippen molar-refractivity contribution in [2.75, 3.05) is 0 Å². The average molecular weight is 208 g/mol. The molecule has 1 unspecified atom stereocenters. The quantitative estimate of drug-likeness (QED) is 0.756. The Hall–Kier alpha value is -0.780. The van der Waals surface area contributed by atoms with Crippen LogP contribution >= 0.6 is 11.3 Å². The lowest BCUT2D eigenvalue weighted by Gasteiger charge is -2.04. The Morgan fingerprint density at radius 1 is 1.50 bits per heavy atom. The van der Waals surface area contributed by atoms with Crippen molar-refractivity contribution in [2.24, 2.45) is 0 Å². The molecule has 0 saturated heterocycles. The maximum absolute atomic E-state index is 9.83. The molecule has 0 saturated carbocycles. The summed E-state index contributed by atoms with van der Waals surface area (Å²) in [6, 6.07) is 2.07. The van der Waals surface area contributed by atoms with Crippen molar-refractivity contribution >= 4 is 11.3 Å². The highest BCUT2D eigenvalue weighted by Crippen LogP contribution is 2.28. The summed E-state index contributed by atoms with van der Waals surface area (Å²) in [5.41, 5.74) is 1.27. The van der Waals surface area contributed by atoms with Crippen LogP contribution in [-0.2, 0) is 0 Å². The average Bonchev–Trinajstić information content (AvgIpc) is 2.47. The fourth-order valence-corrected chi connectivity index (χ4v) is 2.31. The molecule has 0 spiro atoms. The minimum atomic E-state index is -0.340. The second kappa shape index (κ2) is 5.19. The van der Waals surface area contributed by atoms with Crippen LogP contribution in [0.25, 0.3) is 0 Å². The molecule has 76 valence electrons. The molecule has 1 N–H and O–H groups in total. The van der Waals surface area contributed by atoms with E-state index in [0.29, 0.717) is 0 Å². The predicted octanol–water partition coefficient (Wildman–Crippen LogP) is 3.20. The predicted molar refractivity (Wildman–Crippen MR) is 61.4 cm³/mol. The fourth-order valence-electron chi connectivity index (χ4n) is 1.24. The van der Waals surface area contributed by atoms with Crippen molar-refractivity contribution in [3.63, 3.8) is 0 Å². The van der Waals surface area contributed by atoms with E-state index in [9.17, 15) is 5.11 Å². The van der Waals surface area contributed by atoms with Crippen LogP contribution in [0, 0.1) is 25.7 Å². The number of hydrogen-bond donors (Lipinski definition) is 1. The summed E-state index contributed by atoms with van der Waals surface area (Å²) in [5.74, 6) is 5.80. The van der Waals surface area contributed by atoms with Crippen molar-refractivity contribution in [1.29, 1.82) is 0 Å². The highest BCUT2D eigenvalue weighted by molar-refractivity contribution is 7.12. The third-order valence-electron chi connectivity index (χ3n) is 2.23. The van der Waals surface area contributed by atoms with E-state index in [0.717, 1.165) is 17.7 Å². The molecule has 14 heavy (non-hydrogen) atoms. The van der Waals surface area contributed by atoms with E-state index in [-0.39, 0.29) is 6.10 Å². The van der Waals surface area contributed by atoms with Gasteiger partial charge in [-0.15, -0.1) is 23.2 Å². The summed E-state index contributed by atoms with van der Waals surface area (Å²) < 4.78 is 0. The van der Waals surface area contributed by atoms with Gasteiger partial charge >= 0.3 is 0 Å². The Labute approximate surface area is 89.8 Å². The molecule has 0 radical (unpaired) electrons. The smallest absolute Gasteiger partial charge is 0.0891 e. The van der Waals surface area contributed by atoms with Gasteiger partial charge in [-0.25, -0.2) is 0 Å². The van der Waals surface area contributed by atoms with Gasteiger partial charge in [-0.3, -0.25) is 0 Å². The molecule has 0 bridgehead atoms. The molecular weight excluding hydrogens is 192 g/mol. The summed E-state index contributed by atoms with van der Waals surface area (Å²) in [4.78, 5) is 2.36. The lowest BCUT2D eigenvalue weighted by Crippen LogP contribution is -1.92. The Morgan fingerprint density at radius 3 is 2.71 bits per heavy atom. The molecule has 1 atom stereocenters. The van der Waals surface area contributed by atoms with Crippen molar-refractivity contribution < 1.29 is 5.11 Å². The zero-order valence-corrected chi connectivity index (χ0v) is 9.74. The van der Waals surface area contributed by atoms with Crippen LogP contribution < -0.4 is 0 Å². The zero-order valence-electron chi connectivity index (χ0n) is 8.92. The van der Waals surface area contributed by atoms with E-state index >= 15 is 0 Å². The number of thiophene rings is 1. The third kappa shape index (κ3) is 2.87. The first-order valence-electron chi connectivity index (χ1n) is 4.79. The summed E-state index contributed by atoms with van der Waals surface area (Å²) in [6.45, 7) is 5.99. The molecule has 1 rings (SSSR count). The van der Waals surface area contributed by atoms with E-state index < -0.39 is 0 Å². The maximum atomic E-state index is 9.83. The Kier molecular flexibility index (Phi) is 4.19. The van der Waals surface area contributed by atoms with E-state index in [4.69, 9.17) is 0 Å². The maximum Gasteiger partial charge on any atom is 0.0891 e. The first kappa shape index (κ1) is 11.3. The molecule has 1 aromatic heterocycles. The highest BCUT2D eigenvalue weighted by Gasteiger charge is 2.10. The molecule has 1 aromatic rings. The molecule has 0 aliphatic carbocycles. The van der Waals surface area contributed by atoms with Gasteiger partial charge in [0.05, 0.1) is 6.10 Å². The van der Waals surface area contributed by atoms with E-state index in [2.05, 4.69) is 31.8 Å². The topological polar surface area (TPSA) is 20.2 Å². The van der Waals surface area contributed by atoms with Gasteiger partial charge in [0.2, 0.25) is 0 Å².